The summed E-state index contributed by atoms with van der Waals surface area (Å²) in [4.78, 5) is 6.96. The molecule has 2 unspecified atom stereocenters. The van der Waals surface area contributed by atoms with Gasteiger partial charge in [-0.05, 0) is 37.5 Å². The molecule has 1 spiro atoms. The average molecular weight is 251 g/mol. The second-order valence-electron chi connectivity index (χ2n) is 6.64. The fraction of sp³-hybridized carbons (Fsp3) is 0.933. The number of nitrogens with zero attached hydrogens (tertiary/aromatic N) is 2. The molecule has 2 atom stereocenters. The maximum atomic E-state index is 6.09. The van der Waals surface area contributed by atoms with Crippen LogP contribution >= 0.6 is 0 Å². The number of aliphatic imine (C=N–C) groups is 1. The van der Waals surface area contributed by atoms with Crippen molar-refractivity contribution in [2.24, 2.45) is 22.6 Å². The highest BCUT2D eigenvalue weighted by Crippen LogP contribution is 2.41. The molecule has 1 aliphatic carbocycles. The third-order valence-electron chi connectivity index (χ3n) is 4.56. The molecule has 0 radical (unpaired) electrons. The maximum Gasteiger partial charge on any atom is 0.191 e. The molecular formula is C15H29N3. The summed E-state index contributed by atoms with van der Waals surface area (Å²) in [6.07, 6.45) is 7.86. The molecule has 0 saturated heterocycles. The van der Waals surface area contributed by atoms with Gasteiger partial charge in [-0.3, -0.25) is 4.99 Å². The first-order valence-corrected chi connectivity index (χ1v) is 7.65. The quantitative estimate of drug-likeness (QED) is 0.834. The van der Waals surface area contributed by atoms with Gasteiger partial charge in [-0.15, -0.1) is 0 Å². The number of hydrogen-bond donors (Lipinski definition) is 1. The van der Waals surface area contributed by atoms with E-state index in [2.05, 4.69) is 30.7 Å². The van der Waals surface area contributed by atoms with Crippen LogP contribution < -0.4 is 5.73 Å². The summed E-state index contributed by atoms with van der Waals surface area (Å²) in [7, 11) is 0. The van der Waals surface area contributed by atoms with E-state index in [0.717, 1.165) is 37.3 Å². The van der Waals surface area contributed by atoms with Crippen molar-refractivity contribution in [1.29, 1.82) is 0 Å². The molecule has 0 aromatic rings. The van der Waals surface area contributed by atoms with Crippen LogP contribution in [0.2, 0.25) is 0 Å². The zero-order chi connectivity index (χ0) is 13.2. The van der Waals surface area contributed by atoms with Gasteiger partial charge in [-0.1, -0.05) is 33.6 Å². The minimum atomic E-state index is 0.276. The molecule has 2 N–H and O–H groups in total. The lowest BCUT2D eigenvalue weighted by molar-refractivity contribution is 0.0991. The van der Waals surface area contributed by atoms with Crippen molar-refractivity contribution in [2.75, 3.05) is 13.1 Å². The van der Waals surface area contributed by atoms with E-state index in [1.807, 2.05) is 0 Å². The van der Waals surface area contributed by atoms with Crippen molar-refractivity contribution in [3.63, 3.8) is 0 Å². The largest absolute Gasteiger partial charge is 0.370 e. The van der Waals surface area contributed by atoms with Crippen molar-refractivity contribution in [3.05, 3.63) is 0 Å². The molecule has 1 heterocycles. The fourth-order valence-electron chi connectivity index (χ4n) is 3.94. The van der Waals surface area contributed by atoms with Gasteiger partial charge < -0.3 is 10.6 Å². The number of hydrogen-bond acceptors (Lipinski definition) is 3. The Morgan fingerprint density at radius 1 is 1.50 bits per heavy atom. The lowest BCUT2D eigenvalue weighted by atomic mass is 9.72. The van der Waals surface area contributed by atoms with Gasteiger partial charge in [0.15, 0.2) is 5.96 Å². The fourth-order valence-corrected chi connectivity index (χ4v) is 3.94. The molecule has 0 aromatic heterocycles. The summed E-state index contributed by atoms with van der Waals surface area (Å²) < 4.78 is 0. The lowest BCUT2D eigenvalue weighted by Gasteiger charge is -2.45. The second kappa shape index (κ2) is 5.50. The standard InChI is InChI=1S/C15H29N3/c1-4-8-18-14(16)17-11-15(18)7-5-6-13(10-15)9-12(2)3/h12-13H,4-11H2,1-3H3,(H2,16,17). The Morgan fingerprint density at radius 2 is 2.28 bits per heavy atom. The molecule has 0 aromatic carbocycles. The highest BCUT2D eigenvalue weighted by atomic mass is 15.4. The van der Waals surface area contributed by atoms with Crippen molar-refractivity contribution in [1.82, 2.24) is 4.90 Å². The van der Waals surface area contributed by atoms with Gasteiger partial charge in [-0.2, -0.15) is 0 Å². The molecule has 104 valence electrons. The predicted octanol–water partition coefficient (Wildman–Crippen LogP) is 3.00. The van der Waals surface area contributed by atoms with E-state index in [0.29, 0.717) is 0 Å². The SMILES string of the molecule is CCCN1C(N)=NCC12CCCC(CC(C)C)C2. The Morgan fingerprint density at radius 3 is 2.94 bits per heavy atom. The third kappa shape index (κ3) is 2.65. The smallest absolute Gasteiger partial charge is 0.191 e. The maximum absolute atomic E-state index is 6.09. The van der Waals surface area contributed by atoms with Gasteiger partial charge in [0.05, 0.1) is 12.1 Å². The van der Waals surface area contributed by atoms with Crippen LogP contribution in [0.3, 0.4) is 0 Å². The minimum Gasteiger partial charge on any atom is -0.370 e. The molecule has 2 aliphatic rings. The van der Waals surface area contributed by atoms with Gasteiger partial charge in [0, 0.05) is 6.54 Å². The Labute approximate surface area is 112 Å². The number of rotatable bonds is 4. The molecule has 1 saturated carbocycles. The van der Waals surface area contributed by atoms with Crippen LogP contribution in [-0.4, -0.2) is 29.5 Å². The Bertz CT molecular complexity index is 311. The van der Waals surface area contributed by atoms with Crippen LogP contribution in [0.15, 0.2) is 4.99 Å². The lowest BCUT2D eigenvalue weighted by Crippen LogP contribution is -2.54. The van der Waals surface area contributed by atoms with Crippen molar-refractivity contribution >= 4 is 5.96 Å². The summed E-state index contributed by atoms with van der Waals surface area (Å²) in [6, 6.07) is 0. The summed E-state index contributed by atoms with van der Waals surface area (Å²) in [5.41, 5.74) is 6.37. The number of nitrogens with two attached hydrogens (primary N) is 1. The zero-order valence-corrected chi connectivity index (χ0v) is 12.3. The Hall–Kier alpha value is -0.730. The molecule has 0 amide bonds. The van der Waals surface area contributed by atoms with Crippen LogP contribution in [-0.2, 0) is 0 Å². The van der Waals surface area contributed by atoms with Crippen LogP contribution in [0, 0.1) is 11.8 Å². The van der Waals surface area contributed by atoms with E-state index < -0.39 is 0 Å². The van der Waals surface area contributed by atoms with E-state index in [-0.39, 0.29) is 5.54 Å². The minimum absolute atomic E-state index is 0.276. The molecule has 1 aliphatic heterocycles. The molecule has 0 bridgehead atoms. The van der Waals surface area contributed by atoms with Crippen LogP contribution in [0.4, 0.5) is 0 Å². The molecule has 1 fully saturated rings. The number of guanidine groups is 1. The van der Waals surface area contributed by atoms with Crippen molar-refractivity contribution < 1.29 is 0 Å². The Balaban J connectivity index is 2.06. The predicted molar refractivity (Wildman–Crippen MR) is 77.6 cm³/mol. The van der Waals surface area contributed by atoms with Crippen LogP contribution in [0.1, 0.15) is 59.3 Å². The summed E-state index contributed by atoms with van der Waals surface area (Å²) in [5, 5.41) is 0. The van der Waals surface area contributed by atoms with Gasteiger partial charge >= 0.3 is 0 Å². The first-order chi connectivity index (χ1) is 8.57. The van der Waals surface area contributed by atoms with Crippen LogP contribution in [0.5, 0.6) is 0 Å². The van der Waals surface area contributed by atoms with E-state index >= 15 is 0 Å². The Kier molecular flexibility index (Phi) is 4.18. The van der Waals surface area contributed by atoms with E-state index in [9.17, 15) is 0 Å². The first-order valence-electron chi connectivity index (χ1n) is 7.65. The normalized spacial score (nSPS) is 32.3. The summed E-state index contributed by atoms with van der Waals surface area (Å²) in [6.45, 7) is 8.92. The monoisotopic (exact) mass is 251 g/mol. The van der Waals surface area contributed by atoms with Crippen molar-refractivity contribution in [2.45, 2.75) is 64.8 Å². The van der Waals surface area contributed by atoms with Crippen LogP contribution in [0.25, 0.3) is 0 Å². The van der Waals surface area contributed by atoms with Gasteiger partial charge in [0.1, 0.15) is 0 Å². The highest BCUT2D eigenvalue weighted by molar-refractivity contribution is 5.81. The molecular weight excluding hydrogens is 222 g/mol. The average Bonchev–Trinajstić information content (AvgIpc) is 2.58. The highest BCUT2D eigenvalue weighted by Gasteiger charge is 2.44. The van der Waals surface area contributed by atoms with E-state index in [1.54, 1.807) is 0 Å². The van der Waals surface area contributed by atoms with E-state index in [4.69, 9.17) is 5.73 Å². The van der Waals surface area contributed by atoms with Gasteiger partial charge in [0.2, 0.25) is 0 Å². The first kappa shape index (κ1) is 13.7. The van der Waals surface area contributed by atoms with Gasteiger partial charge in [0.25, 0.3) is 0 Å². The summed E-state index contributed by atoms with van der Waals surface area (Å²) in [5.74, 6) is 2.48. The van der Waals surface area contributed by atoms with Gasteiger partial charge in [-0.25, -0.2) is 0 Å². The third-order valence-corrected chi connectivity index (χ3v) is 4.56. The molecule has 3 nitrogen and oxygen atoms in total. The van der Waals surface area contributed by atoms with Crippen molar-refractivity contribution in [3.8, 4) is 0 Å². The zero-order valence-electron chi connectivity index (χ0n) is 12.3. The molecule has 2 rings (SSSR count). The summed E-state index contributed by atoms with van der Waals surface area (Å²) >= 11 is 0. The topological polar surface area (TPSA) is 41.6 Å². The molecule has 3 heteroatoms. The van der Waals surface area contributed by atoms with E-state index in [1.165, 1.54) is 32.1 Å². The molecule has 18 heavy (non-hydrogen) atoms. The second-order valence-corrected chi connectivity index (χ2v) is 6.64.